The van der Waals surface area contributed by atoms with Gasteiger partial charge in [-0.25, -0.2) is 0 Å². The second-order valence-corrected chi connectivity index (χ2v) is 3.41. The van der Waals surface area contributed by atoms with Gasteiger partial charge < -0.3 is 10.4 Å². The van der Waals surface area contributed by atoms with Crippen molar-refractivity contribution in [2.45, 2.75) is 6.42 Å². The number of benzene rings is 1. The molecule has 1 rings (SSSR count). The molecule has 0 bridgehead atoms. The molecule has 2 N–H and O–H groups in total. The van der Waals surface area contributed by atoms with Crippen LogP contribution in [0.3, 0.4) is 0 Å². The summed E-state index contributed by atoms with van der Waals surface area (Å²) in [4.78, 5) is 10.2. The van der Waals surface area contributed by atoms with E-state index in [0.29, 0.717) is 6.54 Å². The Labute approximate surface area is 89.4 Å². The SMILES string of the molecule is C=C(CNCC(=O)O)Cc1ccccc1. The van der Waals surface area contributed by atoms with E-state index in [0.717, 1.165) is 12.0 Å². The molecule has 0 aliphatic carbocycles. The molecule has 0 saturated carbocycles. The van der Waals surface area contributed by atoms with Gasteiger partial charge in [-0.3, -0.25) is 4.79 Å². The normalized spacial score (nSPS) is 9.87. The maximum absolute atomic E-state index is 10.2. The lowest BCUT2D eigenvalue weighted by Crippen LogP contribution is -2.24. The van der Waals surface area contributed by atoms with E-state index >= 15 is 0 Å². The molecule has 0 aromatic heterocycles. The van der Waals surface area contributed by atoms with E-state index in [1.165, 1.54) is 5.56 Å². The highest BCUT2D eigenvalue weighted by Gasteiger charge is 1.98. The maximum Gasteiger partial charge on any atom is 0.317 e. The standard InChI is InChI=1S/C12H15NO2/c1-10(8-13-9-12(14)15)7-11-5-3-2-4-6-11/h2-6,13H,1,7-9H2,(H,14,15). The summed E-state index contributed by atoms with van der Waals surface area (Å²) in [5.74, 6) is -0.845. The van der Waals surface area contributed by atoms with Gasteiger partial charge in [0, 0.05) is 6.54 Å². The predicted octanol–water partition coefficient (Wildman–Crippen LogP) is 1.46. The molecule has 3 nitrogen and oxygen atoms in total. The first-order valence-electron chi connectivity index (χ1n) is 4.81. The number of carboxylic acids is 1. The van der Waals surface area contributed by atoms with Crippen molar-refractivity contribution in [2.24, 2.45) is 0 Å². The Morgan fingerprint density at radius 3 is 2.53 bits per heavy atom. The number of hydrogen-bond donors (Lipinski definition) is 2. The smallest absolute Gasteiger partial charge is 0.317 e. The van der Waals surface area contributed by atoms with Crippen molar-refractivity contribution in [1.82, 2.24) is 5.32 Å². The van der Waals surface area contributed by atoms with Crippen molar-refractivity contribution in [3.63, 3.8) is 0 Å². The van der Waals surface area contributed by atoms with Crippen molar-refractivity contribution >= 4 is 5.97 Å². The average molecular weight is 205 g/mol. The van der Waals surface area contributed by atoms with Crippen LogP contribution in [0.1, 0.15) is 5.56 Å². The van der Waals surface area contributed by atoms with Crippen LogP contribution in [-0.2, 0) is 11.2 Å². The summed E-state index contributed by atoms with van der Waals surface area (Å²) >= 11 is 0. The lowest BCUT2D eigenvalue weighted by Gasteiger charge is -2.05. The first-order chi connectivity index (χ1) is 7.18. The minimum absolute atomic E-state index is 0.0200. The average Bonchev–Trinajstić information content (AvgIpc) is 2.18. The Bertz CT molecular complexity index is 333. The van der Waals surface area contributed by atoms with Crippen molar-refractivity contribution in [1.29, 1.82) is 0 Å². The first kappa shape index (κ1) is 11.5. The van der Waals surface area contributed by atoms with Crippen molar-refractivity contribution in [3.05, 3.63) is 48.0 Å². The number of carboxylic acid groups (broad SMARTS) is 1. The van der Waals surface area contributed by atoms with Gasteiger partial charge in [-0.05, 0) is 12.0 Å². The third kappa shape index (κ3) is 4.98. The number of carbonyl (C=O) groups is 1. The fourth-order valence-electron chi connectivity index (χ4n) is 1.29. The molecule has 3 heteroatoms. The molecule has 0 saturated heterocycles. The van der Waals surface area contributed by atoms with Crippen LogP contribution in [-0.4, -0.2) is 24.2 Å². The molecule has 15 heavy (non-hydrogen) atoms. The molecular formula is C12H15NO2. The number of hydrogen-bond acceptors (Lipinski definition) is 2. The fourth-order valence-corrected chi connectivity index (χ4v) is 1.29. The van der Waals surface area contributed by atoms with Crippen LogP contribution in [0.4, 0.5) is 0 Å². The lowest BCUT2D eigenvalue weighted by atomic mass is 10.1. The van der Waals surface area contributed by atoms with Gasteiger partial charge in [0.2, 0.25) is 0 Å². The molecule has 0 spiro atoms. The van der Waals surface area contributed by atoms with E-state index in [4.69, 9.17) is 5.11 Å². The zero-order valence-corrected chi connectivity index (χ0v) is 8.57. The summed E-state index contributed by atoms with van der Waals surface area (Å²) in [5.41, 5.74) is 2.18. The van der Waals surface area contributed by atoms with Gasteiger partial charge >= 0.3 is 5.97 Å². The number of rotatable bonds is 6. The van der Waals surface area contributed by atoms with Crippen LogP contribution >= 0.6 is 0 Å². The zero-order valence-electron chi connectivity index (χ0n) is 8.57. The Hall–Kier alpha value is -1.61. The van der Waals surface area contributed by atoms with Crippen molar-refractivity contribution in [3.8, 4) is 0 Å². The molecule has 0 aliphatic rings. The van der Waals surface area contributed by atoms with Crippen LogP contribution in [0.15, 0.2) is 42.5 Å². The highest BCUT2D eigenvalue weighted by molar-refractivity contribution is 5.69. The molecule has 0 radical (unpaired) electrons. The van der Waals surface area contributed by atoms with Gasteiger partial charge in [0.15, 0.2) is 0 Å². The Balaban J connectivity index is 2.28. The highest BCUT2D eigenvalue weighted by atomic mass is 16.4. The summed E-state index contributed by atoms with van der Waals surface area (Å²) in [6.45, 7) is 4.41. The van der Waals surface area contributed by atoms with Crippen LogP contribution in [0.2, 0.25) is 0 Å². The van der Waals surface area contributed by atoms with Gasteiger partial charge in [0.1, 0.15) is 0 Å². The molecule has 0 unspecified atom stereocenters. The Morgan fingerprint density at radius 2 is 1.93 bits per heavy atom. The van der Waals surface area contributed by atoms with Crippen LogP contribution < -0.4 is 5.32 Å². The molecule has 0 fully saturated rings. The molecule has 0 heterocycles. The van der Waals surface area contributed by atoms with Crippen molar-refractivity contribution in [2.75, 3.05) is 13.1 Å². The molecule has 0 aliphatic heterocycles. The molecular weight excluding hydrogens is 190 g/mol. The van der Waals surface area contributed by atoms with Gasteiger partial charge in [0.25, 0.3) is 0 Å². The van der Waals surface area contributed by atoms with E-state index in [2.05, 4.69) is 11.9 Å². The highest BCUT2D eigenvalue weighted by Crippen LogP contribution is 2.04. The van der Waals surface area contributed by atoms with Crippen LogP contribution in [0.25, 0.3) is 0 Å². The largest absolute Gasteiger partial charge is 0.480 e. The number of aliphatic carboxylic acids is 1. The van der Waals surface area contributed by atoms with Gasteiger partial charge in [-0.15, -0.1) is 0 Å². The van der Waals surface area contributed by atoms with E-state index in [1.807, 2.05) is 30.3 Å². The molecule has 0 amide bonds. The topological polar surface area (TPSA) is 49.3 Å². The quantitative estimate of drug-likeness (QED) is 0.691. The Morgan fingerprint density at radius 1 is 1.27 bits per heavy atom. The van der Waals surface area contributed by atoms with Gasteiger partial charge in [0.05, 0.1) is 6.54 Å². The monoisotopic (exact) mass is 205 g/mol. The third-order valence-electron chi connectivity index (χ3n) is 1.95. The third-order valence-corrected chi connectivity index (χ3v) is 1.95. The minimum atomic E-state index is -0.845. The molecule has 80 valence electrons. The lowest BCUT2D eigenvalue weighted by molar-refractivity contribution is -0.135. The predicted molar refractivity (Wildman–Crippen MR) is 59.8 cm³/mol. The Kier molecular flexibility index (Phi) is 4.57. The summed E-state index contributed by atoms with van der Waals surface area (Å²) in [5, 5.41) is 11.2. The van der Waals surface area contributed by atoms with Crippen LogP contribution in [0.5, 0.6) is 0 Å². The van der Waals surface area contributed by atoms with E-state index in [-0.39, 0.29) is 6.54 Å². The number of nitrogens with one attached hydrogen (secondary N) is 1. The summed E-state index contributed by atoms with van der Waals surface area (Å²) < 4.78 is 0. The summed E-state index contributed by atoms with van der Waals surface area (Å²) in [6, 6.07) is 9.99. The molecule has 0 atom stereocenters. The van der Waals surface area contributed by atoms with Gasteiger partial charge in [-0.1, -0.05) is 42.5 Å². The summed E-state index contributed by atoms with van der Waals surface area (Å²) in [6.07, 6.45) is 0.785. The van der Waals surface area contributed by atoms with E-state index in [9.17, 15) is 4.79 Å². The zero-order chi connectivity index (χ0) is 11.1. The van der Waals surface area contributed by atoms with E-state index in [1.54, 1.807) is 0 Å². The second kappa shape index (κ2) is 5.98. The fraction of sp³-hybridized carbons (Fsp3) is 0.250. The molecule has 1 aromatic carbocycles. The van der Waals surface area contributed by atoms with E-state index < -0.39 is 5.97 Å². The molecule has 1 aromatic rings. The maximum atomic E-state index is 10.2. The van der Waals surface area contributed by atoms with Crippen molar-refractivity contribution < 1.29 is 9.90 Å². The minimum Gasteiger partial charge on any atom is -0.480 e. The summed E-state index contributed by atoms with van der Waals surface area (Å²) in [7, 11) is 0. The van der Waals surface area contributed by atoms with Crippen LogP contribution in [0, 0.1) is 0 Å². The second-order valence-electron chi connectivity index (χ2n) is 3.41. The first-order valence-corrected chi connectivity index (χ1v) is 4.81. The van der Waals surface area contributed by atoms with Gasteiger partial charge in [-0.2, -0.15) is 0 Å².